The Bertz CT molecular complexity index is 815. The lowest BCUT2D eigenvalue weighted by Crippen LogP contribution is -2.50. The minimum absolute atomic E-state index is 0.183. The third-order valence-electron chi connectivity index (χ3n) is 4.45. The van der Waals surface area contributed by atoms with Gasteiger partial charge in [0, 0.05) is 18.1 Å². The minimum atomic E-state index is -0.609. The molecule has 5 nitrogen and oxygen atoms in total. The van der Waals surface area contributed by atoms with Crippen LogP contribution in [0.15, 0.2) is 48.5 Å². The summed E-state index contributed by atoms with van der Waals surface area (Å²) in [6.45, 7) is 4.46. The summed E-state index contributed by atoms with van der Waals surface area (Å²) >= 11 is 12.0. The van der Waals surface area contributed by atoms with E-state index in [9.17, 15) is 9.59 Å². The number of nitrogens with one attached hydrogen (secondary N) is 1. The summed E-state index contributed by atoms with van der Waals surface area (Å²) in [6.07, 6.45) is 1.47. The topological polar surface area (TPSA) is 58.6 Å². The first-order valence-corrected chi connectivity index (χ1v) is 10.4. The summed E-state index contributed by atoms with van der Waals surface area (Å²) in [7, 11) is 0. The van der Waals surface area contributed by atoms with Crippen molar-refractivity contribution >= 4 is 35.0 Å². The number of halogens is 2. The molecule has 0 radical (unpaired) electrons. The van der Waals surface area contributed by atoms with Crippen molar-refractivity contribution in [2.45, 2.75) is 32.7 Å². The van der Waals surface area contributed by atoms with Crippen LogP contribution in [0.25, 0.3) is 0 Å². The fraction of sp³-hybridized carbons (Fsp3) is 0.364. The van der Waals surface area contributed by atoms with Gasteiger partial charge in [-0.1, -0.05) is 60.5 Å². The molecular formula is C22H26Cl2N2O3. The zero-order valence-corrected chi connectivity index (χ0v) is 18.2. The van der Waals surface area contributed by atoms with E-state index in [2.05, 4.69) is 5.32 Å². The van der Waals surface area contributed by atoms with Crippen LogP contribution in [0.4, 0.5) is 0 Å². The number of ether oxygens (including phenoxy) is 1. The van der Waals surface area contributed by atoms with E-state index in [-0.39, 0.29) is 18.4 Å². The van der Waals surface area contributed by atoms with Gasteiger partial charge >= 0.3 is 0 Å². The largest absolute Gasteiger partial charge is 0.482 e. The Kier molecular flexibility index (Phi) is 9.29. The summed E-state index contributed by atoms with van der Waals surface area (Å²) in [5, 5.41) is 3.66. The minimum Gasteiger partial charge on any atom is -0.482 e. The summed E-state index contributed by atoms with van der Waals surface area (Å²) in [5.74, 6) is -0.0978. The van der Waals surface area contributed by atoms with Gasteiger partial charge in [-0.05, 0) is 43.5 Å². The van der Waals surface area contributed by atoms with Crippen LogP contribution in [0, 0.1) is 0 Å². The fourth-order valence-corrected chi connectivity index (χ4v) is 3.24. The highest BCUT2D eigenvalue weighted by Crippen LogP contribution is 2.27. The molecular weight excluding hydrogens is 411 g/mol. The molecule has 0 spiro atoms. The molecule has 2 rings (SSSR count). The molecule has 0 bridgehead atoms. The van der Waals surface area contributed by atoms with Gasteiger partial charge in [0.2, 0.25) is 5.91 Å². The number of benzene rings is 2. The van der Waals surface area contributed by atoms with Gasteiger partial charge in [0.15, 0.2) is 6.61 Å². The Morgan fingerprint density at radius 3 is 2.52 bits per heavy atom. The van der Waals surface area contributed by atoms with Crippen molar-refractivity contribution in [1.29, 1.82) is 0 Å². The summed E-state index contributed by atoms with van der Waals surface area (Å²) in [5.41, 5.74) is 1.09. The summed E-state index contributed by atoms with van der Waals surface area (Å²) in [6, 6.07) is 14.0. The van der Waals surface area contributed by atoms with E-state index < -0.39 is 6.04 Å². The molecule has 2 aromatic carbocycles. The van der Waals surface area contributed by atoms with Gasteiger partial charge in [-0.3, -0.25) is 9.59 Å². The predicted octanol–water partition coefficient (Wildman–Crippen LogP) is 4.36. The predicted molar refractivity (Wildman–Crippen MR) is 117 cm³/mol. The molecule has 2 amide bonds. The van der Waals surface area contributed by atoms with Crippen LogP contribution in [0.5, 0.6) is 5.75 Å². The fourth-order valence-electron chi connectivity index (χ4n) is 2.78. The number of amides is 2. The quantitative estimate of drug-likeness (QED) is 0.601. The van der Waals surface area contributed by atoms with Crippen LogP contribution in [-0.4, -0.2) is 42.5 Å². The lowest BCUT2D eigenvalue weighted by Gasteiger charge is -2.28. The highest BCUT2D eigenvalue weighted by Gasteiger charge is 2.26. The van der Waals surface area contributed by atoms with Gasteiger partial charge in [0.1, 0.15) is 11.8 Å². The van der Waals surface area contributed by atoms with Gasteiger partial charge in [-0.2, -0.15) is 0 Å². The van der Waals surface area contributed by atoms with E-state index in [0.29, 0.717) is 35.3 Å². The van der Waals surface area contributed by atoms with Gasteiger partial charge < -0.3 is 15.0 Å². The lowest BCUT2D eigenvalue weighted by atomic mass is 10.1. The van der Waals surface area contributed by atoms with Gasteiger partial charge in [0.25, 0.3) is 5.91 Å². The van der Waals surface area contributed by atoms with Crippen LogP contribution in [0.1, 0.15) is 25.8 Å². The standard InChI is InChI=1S/C22H26Cl2N2O3/c1-3-12-25-22(28)16(2)26(13-11-17-7-5-4-6-8-17)21(27)15-29-20-10-9-18(23)14-19(20)24/h4-10,14,16H,3,11-13,15H2,1-2H3,(H,25,28)/t16-/m1/s1. The first-order valence-electron chi connectivity index (χ1n) is 9.61. The second-order valence-corrected chi connectivity index (χ2v) is 7.50. The van der Waals surface area contributed by atoms with Gasteiger partial charge in [0.05, 0.1) is 5.02 Å². The van der Waals surface area contributed by atoms with E-state index in [4.69, 9.17) is 27.9 Å². The van der Waals surface area contributed by atoms with E-state index in [0.717, 1.165) is 12.0 Å². The van der Waals surface area contributed by atoms with Crippen molar-refractivity contribution in [3.8, 4) is 5.75 Å². The van der Waals surface area contributed by atoms with Crippen LogP contribution in [0.2, 0.25) is 10.0 Å². The molecule has 0 aliphatic rings. The molecule has 156 valence electrons. The number of carbonyl (C=O) groups is 2. The van der Waals surface area contributed by atoms with Crippen LogP contribution >= 0.6 is 23.2 Å². The zero-order valence-electron chi connectivity index (χ0n) is 16.7. The van der Waals surface area contributed by atoms with Crippen LogP contribution in [-0.2, 0) is 16.0 Å². The Balaban J connectivity index is 2.07. The summed E-state index contributed by atoms with van der Waals surface area (Å²) < 4.78 is 5.58. The lowest BCUT2D eigenvalue weighted by molar-refractivity contribution is -0.141. The van der Waals surface area contributed by atoms with Crippen molar-refractivity contribution < 1.29 is 14.3 Å². The molecule has 1 atom stereocenters. The molecule has 2 aromatic rings. The van der Waals surface area contributed by atoms with Crippen molar-refractivity contribution in [1.82, 2.24) is 10.2 Å². The Morgan fingerprint density at radius 2 is 1.86 bits per heavy atom. The van der Waals surface area contributed by atoms with Crippen molar-refractivity contribution in [2.24, 2.45) is 0 Å². The number of carbonyl (C=O) groups excluding carboxylic acids is 2. The van der Waals surface area contributed by atoms with E-state index in [1.54, 1.807) is 30.0 Å². The Morgan fingerprint density at radius 1 is 1.14 bits per heavy atom. The Labute approximate surface area is 181 Å². The second kappa shape index (κ2) is 11.7. The van der Waals surface area contributed by atoms with E-state index >= 15 is 0 Å². The number of hydrogen-bond acceptors (Lipinski definition) is 3. The highest BCUT2D eigenvalue weighted by molar-refractivity contribution is 6.35. The second-order valence-electron chi connectivity index (χ2n) is 6.65. The molecule has 0 saturated heterocycles. The van der Waals surface area contributed by atoms with Gasteiger partial charge in [-0.25, -0.2) is 0 Å². The zero-order chi connectivity index (χ0) is 21.2. The molecule has 0 aliphatic carbocycles. The highest BCUT2D eigenvalue weighted by atomic mass is 35.5. The third kappa shape index (κ3) is 7.26. The normalized spacial score (nSPS) is 11.6. The first-order chi connectivity index (χ1) is 13.9. The number of hydrogen-bond donors (Lipinski definition) is 1. The van der Waals surface area contributed by atoms with Gasteiger partial charge in [-0.15, -0.1) is 0 Å². The molecule has 0 aliphatic heterocycles. The maximum Gasteiger partial charge on any atom is 0.261 e. The number of nitrogens with zero attached hydrogens (tertiary/aromatic N) is 1. The van der Waals surface area contributed by atoms with E-state index in [1.807, 2.05) is 37.3 Å². The monoisotopic (exact) mass is 436 g/mol. The van der Waals surface area contributed by atoms with Crippen molar-refractivity contribution in [2.75, 3.05) is 19.7 Å². The van der Waals surface area contributed by atoms with Crippen LogP contribution < -0.4 is 10.1 Å². The third-order valence-corrected chi connectivity index (χ3v) is 4.98. The smallest absolute Gasteiger partial charge is 0.261 e. The number of rotatable bonds is 10. The summed E-state index contributed by atoms with van der Waals surface area (Å²) in [4.78, 5) is 26.9. The van der Waals surface area contributed by atoms with Crippen LogP contribution in [0.3, 0.4) is 0 Å². The molecule has 29 heavy (non-hydrogen) atoms. The maximum absolute atomic E-state index is 12.9. The molecule has 0 saturated carbocycles. The van der Waals surface area contributed by atoms with Crippen molar-refractivity contribution in [3.63, 3.8) is 0 Å². The molecule has 0 unspecified atom stereocenters. The van der Waals surface area contributed by atoms with E-state index in [1.165, 1.54) is 0 Å². The first kappa shape index (κ1) is 23.0. The Hall–Kier alpha value is -2.24. The van der Waals surface area contributed by atoms with Crippen molar-refractivity contribution in [3.05, 3.63) is 64.1 Å². The molecule has 0 fully saturated rings. The molecule has 0 heterocycles. The molecule has 0 aromatic heterocycles. The molecule has 7 heteroatoms. The maximum atomic E-state index is 12.9. The average Bonchev–Trinajstić information content (AvgIpc) is 2.72. The SMILES string of the molecule is CCCNC(=O)[C@@H](C)N(CCc1ccccc1)C(=O)COc1ccc(Cl)cc1Cl. The molecule has 1 N–H and O–H groups in total. The average molecular weight is 437 g/mol.